The van der Waals surface area contributed by atoms with Crippen LogP contribution in [0.15, 0.2) is 60.9 Å². The highest BCUT2D eigenvalue weighted by Gasteiger charge is 2.08. The fourth-order valence-corrected chi connectivity index (χ4v) is 1.70. The van der Waals surface area contributed by atoms with Gasteiger partial charge in [0.25, 0.3) is 0 Å². The molecule has 0 bridgehead atoms. The van der Waals surface area contributed by atoms with Crippen molar-refractivity contribution in [2.45, 2.75) is 13.3 Å². The predicted molar refractivity (Wildman–Crippen MR) is 84.5 cm³/mol. The van der Waals surface area contributed by atoms with Crippen LogP contribution in [0.25, 0.3) is 0 Å². The van der Waals surface area contributed by atoms with Crippen LogP contribution in [0.5, 0.6) is 17.2 Å². The summed E-state index contributed by atoms with van der Waals surface area (Å²) in [5, 5.41) is 0. The lowest BCUT2D eigenvalue weighted by Gasteiger charge is -2.06. The third-order valence-corrected chi connectivity index (χ3v) is 2.90. The maximum atomic E-state index is 12.0. The van der Waals surface area contributed by atoms with Crippen LogP contribution >= 0.6 is 0 Å². The van der Waals surface area contributed by atoms with Gasteiger partial charge in [-0.2, -0.15) is 0 Å². The lowest BCUT2D eigenvalue weighted by Crippen LogP contribution is -2.08. The largest absolute Gasteiger partial charge is 0.497 e. The Labute approximate surface area is 129 Å². The normalized spacial score (nSPS) is 10.5. The summed E-state index contributed by atoms with van der Waals surface area (Å²) < 4.78 is 15.7. The second kappa shape index (κ2) is 7.88. The summed E-state index contributed by atoms with van der Waals surface area (Å²) in [7, 11) is 1.58. The van der Waals surface area contributed by atoms with E-state index in [2.05, 4.69) is 0 Å². The van der Waals surface area contributed by atoms with E-state index in [1.54, 1.807) is 61.9 Å². The van der Waals surface area contributed by atoms with Gasteiger partial charge in [0.15, 0.2) is 0 Å². The number of allylic oxidation sites excluding steroid dienone is 1. The Morgan fingerprint density at radius 3 is 2.14 bits per heavy atom. The fourth-order valence-electron chi connectivity index (χ4n) is 1.70. The van der Waals surface area contributed by atoms with Gasteiger partial charge < -0.3 is 14.2 Å². The fraction of sp³-hybridized carbons (Fsp3) is 0.167. The molecule has 0 radical (unpaired) electrons. The molecule has 0 N–H and O–H groups in total. The zero-order valence-electron chi connectivity index (χ0n) is 12.6. The van der Waals surface area contributed by atoms with E-state index in [1.807, 2.05) is 13.0 Å². The zero-order chi connectivity index (χ0) is 15.8. The first-order valence-corrected chi connectivity index (χ1v) is 7.01. The highest BCUT2D eigenvalue weighted by atomic mass is 16.5. The van der Waals surface area contributed by atoms with Crippen LogP contribution in [-0.2, 0) is 0 Å². The van der Waals surface area contributed by atoms with Gasteiger partial charge in [-0.05, 0) is 61.0 Å². The number of hydrogen-bond acceptors (Lipinski definition) is 4. The summed E-state index contributed by atoms with van der Waals surface area (Å²) in [4.78, 5) is 12.0. The molecule has 0 atom stereocenters. The Morgan fingerprint density at radius 2 is 1.55 bits per heavy atom. The topological polar surface area (TPSA) is 44.8 Å². The zero-order valence-corrected chi connectivity index (χ0v) is 12.6. The van der Waals surface area contributed by atoms with Crippen molar-refractivity contribution in [3.63, 3.8) is 0 Å². The van der Waals surface area contributed by atoms with E-state index in [0.29, 0.717) is 22.8 Å². The Hall–Kier alpha value is -2.75. The van der Waals surface area contributed by atoms with Crippen molar-refractivity contribution in [2.75, 3.05) is 7.11 Å². The average molecular weight is 298 g/mol. The van der Waals surface area contributed by atoms with Crippen molar-refractivity contribution in [3.05, 3.63) is 66.4 Å². The summed E-state index contributed by atoms with van der Waals surface area (Å²) in [6, 6.07) is 13.6. The van der Waals surface area contributed by atoms with Gasteiger partial charge in [-0.15, -0.1) is 0 Å². The SMILES string of the molecule is CC/C=C/Oc1ccc(C(=O)Oc2ccc(OC)cc2)cc1. The van der Waals surface area contributed by atoms with Crippen LogP contribution < -0.4 is 14.2 Å². The standard InChI is InChI=1S/C18H18O4/c1-3-4-13-21-16-7-5-14(6-8-16)18(19)22-17-11-9-15(20-2)10-12-17/h4-13H,3H2,1-2H3/b13-4+. The van der Waals surface area contributed by atoms with Crippen LogP contribution in [0.1, 0.15) is 23.7 Å². The minimum Gasteiger partial charge on any atom is -0.497 e. The number of carbonyl (C=O) groups is 1. The monoisotopic (exact) mass is 298 g/mol. The molecule has 0 aromatic heterocycles. The number of rotatable bonds is 6. The molecule has 0 saturated carbocycles. The molecule has 2 aromatic carbocycles. The summed E-state index contributed by atoms with van der Waals surface area (Å²) in [5.41, 5.74) is 0.461. The molecule has 0 aliphatic carbocycles. The van der Waals surface area contributed by atoms with Gasteiger partial charge in [-0.1, -0.05) is 6.92 Å². The first-order chi connectivity index (χ1) is 10.7. The maximum absolute atomic E-state index is 12.0. The maximum Gasteiger partial charge on any atom is 0.343 e. The third kappa shape index (κ3) is 4.38. The molecule has 0 fully saturated rings. The number of methoxy groups -OCH3 is 1. The van der Waals surface area contributed by atoms with E-state index in [-0.39, 0.29) is 0 Å². The van der Waals surface area contributed by atoms with Crippen molar-refractivity contribution in [3.8, 4) is 17.2 Å². The van der Waals surface area contributed by atoms with Gasteiger partial charge in [0.05, 0.1) is 18.9 Å². The molecule has 0 saturated heterocycles. The predicted octanol–water partition coefficient (Wildman–Crippen LogP) is 4.22. The van der Waals surface area contributed by atoms with Gasteiger partial charge in [0, 0.05) is 0 Å². The summed E-state index contributed by atoms with van der Waals surface area (Å²) in [6.07, 6.45) is 4.45. The Morgan fingerprint density at radius 1 is 0.955 bits per heavy atom. The van der Waals surface area contributed by atoms with E-state index < -0.39 is 5.97 Å². The summed E-state index contributed by atoms with van der Waals surface area (Å²) in [6.45, 7) is 2.03. The van der Waals surface area contributed by atoms with Crippen LogP contribution in [0.2, 0.25) is 0 Å². The second-order valence-electron chi connectivity index (χ2n) is 4.49. The van der Waals surface area contributed by atoms with Gasteiger partial charge in [-0.25, -0.2) is 4.79 Å². The van der Waals surface area contributed by atoms with E-state index in [9.17, 15) is 4.79 Å². The molecule has 4 nitrogen and oxygen atoms in total. The highest BCUT2D eigenvalue weighted by Crippen LogP contribution is 2.19. The summed E-state index contributed by atoms with van der Waals surface area (Å²) >= 11 is 0. The van der Waals surface area contributed by atoms with Crippen LogP contribution in [0.4, 0.5) is 0 Å². The van der Waals surface area contributed by atoms with Crippen molar-refractivity contribution in [1.29, 1.82) is 0 Å². The molecule has 0 aliphatic heterocycles. The molecule has 0 aliphatic rings. The van der Waals surface area contributed by atoms with E-state index in [0.717, 1.165) is 6.42 Å². The Kier molecular flexibility index (Phi) is 5.60. The minimum atomic E-state index is -0.416. The smallest absolute Gasteiger partial charge is 0.343 e. The molecule has 0 unspecified atom stereocenters. The number of benzene rings is 2. The Bertz CT molecular complexity index is 627. The second-order valence-corrected chi connectivity index (χ2v) is 4.49. The molecule has 0 heterocycles. The van der Waals surface area contributed by atoms with Gasteiger partial charge in [-0.3, -0.25) is 0 Å². The van der Waals surface area contributed by atoms with E-state index in [4.69, 9.17) is 14.2 Å². The first kappa shape index (κ1) is 15.6. The van der Waals surface area contributed by atoms with Crippen molar-refractivity contribution in [1.82, 2.24) is 0 Å². The molecule has 2 rings (SSSR count). The van der Waals surface area contributed by atoms with Crippen molar-refractivity contribution in [2.24, 2.45) is 0 Å². The highest BCUT2D eigenvalue weighted by molar-refractivity contribution is 5.91. The first-order valence-electron chi connectivity index (χ1n) is 7.01. The van der Waals surface area contributed by atoms with Crippen LogP contribution in [0, 0.1) is 0 Å². The number of ether oxygens (including phenoxy) is 3. The minimum absolute atomic E-state index is 0.416. The van der Waals surface area contributed by atoms with Gasteiger partial charge >= 0.3 is 5.97 Å². The lowest BCUT2D eigenvalue weighted by molar-refractivity contribution is 0.0734. The van der Waals surface area contributed by atoms with E-state index in [1.165, 1.54) is 0 Å². The van der Waals surface area contributed by atoms with Crippen LogP contribution in [-0.4, -0.2) is 13.1 Å². The third-order valence-electron chi connectivity index (χ3n) is 2.90. The molecule has 22 heavy (non-hydrogen) atoms. The number of hydrogen-bond donors (Lipinski definition) is 0. The molecule has 0 amide bonds. The molecular weight excluding hydrogens is 280 g/mol. The number of esters is 1. The number of carbonyl (C=O) groups excluding carboxylic acids is 1. The average Bonchev–Trinajstić information content (AvgIpc) is 2.56. The molecular formula is C18H18O4. The van der Waals surface area contributed by atoms with E-state index >= 15 is 0 Å². The Balaban J connectivity index is 1.98. The molecule has 0 spiro atoms. The lowest BCUT2D eigenvalue weighted by atomic mass is 10.2. The van der Waals surface area contributed by atoms with Crippen molar-refractivity contribution >= 4 is 5.97 Å². The molecule has 2 aromatic rings. The van der Waals surface area contributed by atoms with Gasteiger partial charge in [0.2, 0.25) is 0 Å². The molecule has 114 valence electrons. The molecule has 4 heteroatoms. The quantitative estimate of drug-likeness (QED) is 0.455. The van der Waals surface area contributed by atoms with Gasteiger partial charge in [0.1, 0.15) is 17.2 Å². The summed E-state index contributed by atoms with van der Waals surface area (Å²) in [5.74, 6) is 1.44. The van der Waals surface area contributed by atoms with Crippen LogP contribution in [0.3, 0.4) is 0 Å². The van der Waals surface area contributed by atoms with Crippen molar-refractivity contribution < 1.29 is 19.0 Å².